The van der Waals surface area contributed by atoms with E-state index in [2.05, 4.69) is 32.3 Å². The first-order valence-corrected chi connectivity index (χ1v) is 11.6. The van der Waals surface area contributed by atoms with Gasteiger partial charge in [0.05, 0.1) is 12.2 Å². The minimum atomic E-state index is -0.290. The Bertz CT molecular complexity index is 1440. The predicted molar refractivity (Wildman–Crippen MR) is 133 cm³/mol. The second-order valence-electron chi connectivity index (χ2n) is 8.01. The van der Waals surface area contributed by atoms with Gasteiger partial charge >= 0.3 is 0 Å². The van der Waals surface area contributed by atoms with Crippen molar-refractivity contribution in [3.05, 3.63) is 96.7 Å². The highest BCUT2D eigenvalue weighted by atomic mass is 16.5. The first-order valence-electron chi connectivity index (χ1n) is 11.6. The van der Waals surface area contributed by atoms with Crippen molar-refractivity contribution in [1.82, 2.24) is 30.0 Å². The molecule has 3 heterocycles. The maximum Gasteiger partial charge on any atom is 0.271 e. The van der Waals surface area contributed by atoms with E-state index >= 15 is 0 Å². The molecule has 0 radical (unpaired) electrons. The number of rotatable bonds is 9. The van der Waals surface area contributed by atoms with Crippen LogP contribution in [0.15, 0.2) is 90.0 Å². The molecular formula is C27H24N6O3. The van der Waals surface area contributed by atoms with Crippen LogP contribution in [0.4, 0.5) is 0 Å². The molecule has 0 unspecified atom stereocenters. The number of nitrogens with one attached hydrogen (secondary N) is 1. The van der Waals surface area contributed by atoms with Crippen molar-refractivity contribution in [3.8, 4) is 34.4 Å². The quantitative estimate of drug-likeness (QED) is 0.326. The summed E-state index contributed by atoms with van der Waals surface area (Å²) in [4.78, 5) is 26.0. The molecule has 9 nitrogen and oxygen atoms in total. The van der Waals surface area contributed by atoms with E-state index in [1.165, 1.54) is 6.33 Å². The molecule has 3 aromatic heterocycles. The third kappa shape index (κ3) is 5.15. The fraction of sp³-hybridized carbons (Fsp3) is 0.148. The Balaban J connectivity index is 1.29. The van der Waals surface area contributed by atoms with Crippen molar-refractivity contribution in [3.63, 3.8) is 0 Å². The van der Waals surface area contributed by atoms with Crippen LogP contribution in [0, 0.1) is 0 Å². The number of carbonyl (C=O) groups excluding carboxylic acids is 1. The number of aromatic nitrogens is 5. The summed E-state index contributed by atoms with van der Waals surface area (Å²) in [5.74, 6) is 1.85. The van der Waals surface area contributed by atoms with E-state index < -0.39 is 0 Å². The second-order valence-corrected chi connectivity index (χ2v) is 8.01. The maximum absolute atomic E-state index is 12.7. The molecule has 180 valence electrons. The molecule has 9 heteroatoms. The first-order chi connectivity index (χ1) is 17.7. The highest BCUT2D eigenvalue weighted by molar-refractivity contribution is 5.92. The van der Waals surface area contributed by atoms with Crippen LogP contribution in [0.5, 0.6) is 5.75 Å². The van der Waals surface area contributed by atoms with E-state index in [0.29, 0.717) is 36.2 Å². The van der Waals surface area contributed by atoms with Gasteiger partial charge < -0.3 is 14.6 Å². The van der Waals surface area contributed by atoms with Crippen molar-refractivity contribution in [2.45, 2.75) is 19.9 Å². The Morgan fingerprint density at radius 1 is 1.03 bits per heavy atom. The molecule has 0 spiro atoms. The number of carbonyl (C=O) groups is 1. The topological polar surface area (TPSA) is 108 Å². The van der Waals surface area contributed by atoms with Crippen LogP contribution in [0.25, 0.3) is 28.7 Å². The van der Waals surface area contributed by atoms with Crippen LogP contribution >= 0.6 is 0 Å². The highest BCUT2D eigenvalue weighted by Gasteiger charge is 2.18. The third-order valence-corrected chi connectivity index (χ3v) is 5.38. The first kappa shape index (κ1) is 23.0. The van der Waals surface area contributed by atoms with Crippen LogP contribution in [-0.2, 0) is 6.54 Å². The molecule has 0 aliphatic heterocycles. The SMILES string of the molecule is CCCOc1ccc(CNC(=O)c2cn(-c3ncccc3-c3nc(-c4ccccc4)no3)cn2)cc1. The van der Waals surface area contributed by atoms with Crippen molar-refractivity contribution < 1.29 is 14.1 Å². The van der Waals surface area contributed by atoms with Crippen molar-refractivity contribution >= 4 is 5.91 Å². The summed E-state index contributed by atoms with van der Waals surface area (Å²) in [7, 11) is 0. The Kier molecular flexibility index (Phi) is 6.79. The lowest BCUT2D eigenvalue weighted by Gasteiger charge is -2.07. The van der Waals surface area contributed by atoms with E-state index in [9.17, 15) is 4.79 Å². The fourth-order valence-electron chi connectivity index (χ4n) is 3.56. The summed E-state index contributed by atoms with van der Waals surface area (Å²) in [6.45, 7) is 3.11. The van der Waals surface area contributed by atoms with E-state index in [-0.39, 0.29) is 11.6 Å². The average Bonchev–Trinajstić information content (AvgIpc) is 3.62. The third-order valence-electron chi connectivity index (χ3n) is 5.38. The minimum Gasteiger partial charge on any atom is -0.494 e. The van der Waals surface area contributed by atoms with Crippen molar-refractivity contribution in [2.75, 3.05) is 6.61 Å². The Morgan fingerprint density at radius 2 is 1.86 bits per heavy atom. The summed E-state index contributed by atoms with van der Waals surface area (Å²) in [6.07, 6.45) is 5.77. The number of ether oxygens (including phenoxy) is 1. The summed E-state index contributed by atoms with van der Waals surface area (Å²) < 4.78 is 12.8. The van der Waals surface area contributed by atoms with Gasteiger partial charge in [0.25, 0.3) is 11.8 Å². The lowest BCUT2D eigenvalue weighted by molar-refractivity contribution is 0.0946. The van der Waals surface area contributed by atoms with Gasteiger partial charge in [-0.2, -0.15) is 4.98 Å². The zero-order chi connectivity index (χ0) is 24.7. The van der Waals surface area contributed by atoms with E-state index in [4.69, 9.17) is 9.26 Å². The monoisotopic (exact) mass is 480 g/mol. The molecule has 2 aromatic carbocycles. The molecule has 0 fully saturated rings. The lowest BCUT2D eigenvalue weighted by Crippen LogP contribution is -2.23. The average molecular weight is 481 g/mol. The number of nitrogens with zero attached hydrogens (tertiary/aromatic N) is 5. The van der Waals surface area contributed by atoms with Gasteiger partial charge in [-0.05, 0) is 36.2 Å². The van der Waals surface area contributed by atoms with Crippen LogP contribution in [0.3, 0.4) is 0 Å². The number of benzene rings is 2. The standard InChI is InChI=1S/C27H24N6O3/c1-2-15-35-21-12-10-19(11-13-21)16-29-26(34)23-17-33(18-30-23)25-22(9-6-14-28-25)27-31-24(32-36-27)20-7-4-3-5-8-20/h3-14,17-18H,2,15-16H2,1H3,(H,29,34). The molecule has 1 amide bonds. The maximum atomic E-state index is 12.7. The fourth-order valence-corrected chi connectivity index (χ4v) is 3.56. The second kappa shape index (κ2) is 10.6. The van der Waals surface area contributed by atoms with E-state index in [0.717, 1.165) is 23.3 Å². The van der Waals surface area contributed by atoms with Gasteiger partial charge in [-0.1, -0.05) is 54.5 Å². The summed E-state index contributed by atoms with van der Waals surface area (Å²) in [5.41, 5.74) is 2.71. The van der Waals surface area contributed by atoms with Gasteiger partial charge in [-0.15, -0.1) is 0 Å². The van der Waals surface area contributed by atoms with Crippen LogP contribution in [0.1, 0.15) is 29.4 Å². The van der Waals surface area contributed by atoms with Crippen LogP contribution in [-0.4, -0.2) is 37.2 Å². The summed E-state index contributed by atoms with van der Waals surface area (Å²) in [6, 6.07) is 20.8. The molecule has 0 aliphatic rings. The Hall–Kier alpha value is -4.79. The number of imidazole rings is 1. The largest absolute Gasteiger partial charge is 0.494 e. The zero-order valence-electron chi connectivity index (χ0n) is 19.7. The van der Waals surface area contributed by atoms with E-state index in [1.54, 1.807) is 23.0 Å². The number of hydrogen-bond acceptors (Lipinski definition) is 7. The van der Waals surface area contributed by atoms with Gasteiger partial charge in [-0.25, -0.2) is 9.97 Å². The van der Waals surface area contributed by atoms with Gasteiger partial charge in [0.15, 0.2) is 5.82 Å². The minimum absolute atomic E-state index is 0.269. The predicted octanol–water partition coefficient (Wildman–Crippen LogP) is 4.70. The molecule has 0 bridgehead atoms. The zero-order valence-corrected chi connectivity index (χ0v) is 19.7. The van der Waals surface area contributed by atoms with Crippen molar-refractivity contribution in [1.29, 1.82) is 0 Å². The molecule has 0 saturated carbocycles. The van der Waals surface area contributed by atoms with E-state index in [1.807, 2.05) is 60.7 Å². The Morgan fingerprint density at radius 3 is 2.67 bits per heavy atom. The number of amides is 1. The molecular weight excluding hydrogens is 456 g/mol. The molecule has 0 saturated heterocycles. The van der Waals surface area contributed by atoms with Gasteiger partial charge in [0, 0.05) is 24.5 Å². The number of hydrogen-bond donors (Lipinski definition) is 1. The number of pyridine rings is 1. The smallest absolute Gasteiger partial charge is 0.271 e. The van der Waals surface area contributed by atoms with Crippen LogP contribution < -0.4 is 10.1 Å². The molecule has 5 rings (SSSR count). The Labute approximate surface area is 207 Å². The van der Waals surface area contributed by atoms with Gasteiger partial charge in [0.2, 0.25) is 5.82 Å². The van der Waals surface area contributed by atoms with Gasteiger partial charge in [0.1, 0.15) is 17.8 Å². The van der Waals surface area contributed by atoms with Gasteiger partial charge in [-0.3, -0.25) is 9.36 Å². The molecule has 0 atom stereocenters. The molecule has 36 heavy (non-hydrogen) atoms. The summed E-state index contributed by atoms with van der Waals surface area (Å²) >= 11 is 0. The van der Waals surface area contributed by atoms with Crippen molar-refractivity contribution in [2.24, 2.45) is 0 Å². The lowest BCUT2D eigenvalue weighted by atomic mass is 10.2. The normalized spacial score (nSPS) is 10.8. The highest BCUT2D eigenvalue weighted by Crippen LogP contribution is 2.26. The molecule has 0 aliphatic carbocycles. The van der Waals surface area contributed by atoms with Crippen LogP contribution in [0.2, 0.25) is 0 Å². The molecule has 1 N–H and O–H groups in total. The molecule has 5 aromatic rings. The summed E-state index contributed by atoms with van der Waals surface area (Å²) in [5, 5.41) is 6.99.